The zero-order valence-corrected chi connectivity index (χ0v) is 16.6. The lowest BCUT2D eigenvalue weighted by molar-refractivity contribution is -0.155. The summed E-state index contributed by atoms with van der Waals surface area (Å²) in [6.45, 7) is 8.69. The highest BCUT2D eigenvalue weighted by molar-refractivity contribution is 5.84. The molecular formula is C24H32O2. The van der Waals surface area contributed by atoms with Crippen LogP contribution in [0, 0.1) is 24.7 Å². The maximum Gasteiger partial charge on any atom is 0.309 e. The van der Waals surface area contributed by atoms with Crippen molar-refractivity contribution in [1.29, 1.82) is 0 Å². The molecular weight excluding hydrogens is 320 g/mol. The van der Waals surface area contributed by atoms with Crippen LogP contribution in [0.5, 0.6) is 0 Å². The monoisotopic (exact) mass is 352 g/mol. The zero-order chi connectivity index (χ0) is 18.7. The van der Waals surface area contributed by atoms with Crippen LogP contribution in [0.15, 0.2) is 36.4 Å². The fraction of sp³-hybridized carbons (Fsp3) is 0.542. The van der Waals surface area contributed by atoms with Crippen LogP contribution in [0.25, 0.3) is 10.8 Å². The first-order chi connectivity index (χ1) is 12.5. The molecule has 2 heteroatoms. The summed E-state index contributed by atoms with van der Waals surface area (Å²) in [6.07, 6.45) is 5.34. The molecule has 0 aliphatic heterocycles. The minimum Gasteiger partial charge on any atom is -0.458 e. The van der Waals surface area contributed by atoms with Gasteiger partial charge in [-0.3, -0.25) is 4.79 Å². The van der Waals surface area contributed by atoms with Crippen molar-refractivity contribution in [3.63, 3.8) is 0 Å². The molecule has 26 heavy (non-hydrogen) atoms. The van der Waals surface area contributed by atoms with Crippen LogP contribution in [0.4, 0.5) is 0 Å². The first-order valence-corrected chi connectivity index (χ1v) is 10.2. The van der Waals surface area contributed by atoms with Gasteiger partial charge in [-0.05, 0) is 73.8 Å². The number of ether oxygens (including phenoxy) is 1. The predicted octanol–water partition coefficient (Wildman–Crippen LogP) is 6.60. The SMILES string of the molecule is CCC(C)C1CCC(C(=O)OC(C)c2ccc3cc(C)ccc3c2)CC1. The number of hydrogen-bond donors (Lipinski definition) is 0. The molecule has 1 aliphatic carbocycles. The highest BCUT2D eigenvalue weighted by atomic mass is 16.5. The summed E-state index contributed by atoms with van der Waals surface area (Å²) >= 11 is 0. The van der Waals surface area contributed by atoms with E-state index in [1.165, 1.54) is 35.6 Å². The summed E-state index contributed by atoms with van der Waals surface area (Å²) < 4.78 is 5.83. The standard InChI is InChI=1S/C24H32O2/c1-5-17(3)19-8-10-20(11-9-19)24(25)26-18(4)21-12-13-22-14-16(2)6-7-23(22)15-21/h6-7,12-15,17-20H,5,8-11H2,1-4H3. The Morgan fingerprint density at radius 3 is 2.38 bits per heavy atom. The predicted molar refractivity (Wildman–Crippen MR) is 108 cm³/mol. The van der Waals surface area contributed by atoms with E-state index in [4.69, 9.17) is 4.74 Å². The first-order valence-electron chi connectivity index (χ1n) is 10.2. The molecule has 2 unspecified atom stereocenters. The Balaban J connectivity index is 1.60. The van der Waals surface area contributed by atoms with Crippen LogP contribution in [0.1, 0.15) is 70.1 Å². The van der Waals surface area contributed by atoms with Crippen molar-refractivity contribution in [2.45, 2.75) is 65.9 Å². The lowest BCUT2D eigenvalue weighted by Crippen LogP contribution is -2.26. The topological polar surface area (TPSA) is 26.3 Å². The van der Waals surface area contributed by atoms with Gasteiger partial charge in [-0.1, -0.05) is 56.2 Å². The molecule has 3 rings (SSSR count). The molecule has 2 aromatic rings. The number of fused-ring (bicyclic) bond motifs is 1. The summed E-state index contributed by atoms with van der Waals surface area (Å²) in [7, 11) is 0. The van der Waals surface area contributed by atoms with Gasteiger partial charge in [-0.2, -0.15) is 0 Å². The number of rotatable bonds is 5. The Morgan fingerprint density at radius 2 is 1.69 bits per heavy atom. The van der Waals surface area contributed by atoms with Crippen LogP contribution in [0.3, 0.4) is 0 Å². The number of carbonyl (C=O) groups excluding carboxylic acids is 1. The Bertz CT molecular complexity index is 756. The molecule has 0 aromatic heterocycles. The highest BCUT2D eigenvalue weighted by Crippen LogP contribution is 2.36. The molecule has 0 saturated heterocycles. The number of carbonyl (C=O) groups is 1. The van der Waals surface area contributed by atoms with Gasteiger partial charge in [0.15, 0.2) is 0 Å². The molecule has 140 valence electrons. The second-order valence-electron chi connectivity index (χ2n) is 8.19. The van der Waals surface area contributed by atoms with Crippen molar-refractivity contribution < 1.29 is 9.53 Å². The van der Waals surface area contributed by atoms with E-state index in [0.29, 0.717) is 0 Å². The summed E-state index contributed by atoms with van der Waals surface area (Å²) in [5, 5.41) is 2.43. The van der Waals surface area contributed by atoms with Crippen LogP contribution in [-0.4, -0.2) is 5.97 Å². The Kier molecular flexibility index (Phi) is 6.01. The van der Waals surface area contributed by atoms with Crippen LogP contribution >= 0.6 is 0 Å². The summed E-state index contributed by atoms with van der Waals surface area (Å²) in [6, 6.07) is 12.8. The van der Waals surface area contributed by atoms with Gasteiger partial charge in [0.2, 0.25) is 0 Å². The molecule has 0 amide bonds. The van der Waals surface area contributed by atoms with Crippen LogP contribution in [0.2, 0.25) is 0 Å². The van der Waals surface area contributed by atoms with Crippen molar-refractivity contribution in [2.24, 2.45) is 17.8 Å². The van der Waals surface area contributed by atoms with E-state index >= 15 is 0 Å². The largest absolute Gasteiger partial charge is 0.458 e. The number of hydrogen-bond acceptors (Lipinski definition) is 2. The van der Waals surface area contributed by atoms with Gasteiger partial charge in [0.1, 0.15) is 6.10 Å². The van der Waals surface area contributed by atoms with E-state index < -0.39 is 0 Å². The minimum absolute atomic E-state index is 0.0101. The fourth-order valence-corrected chi connectivity index (χ4v) is 4.23. The lowest BCUT2D eigenvalue weighted by Gasteiger charge is -2.31. The van der Waals surface area contributed by atoms with Crippen LogP contribution in [-0.2, 0) is 9.53 Å². The molecule has 0 heterocycles. The lowest BCUT2D eigenvalue weighted by atomic mass is 9.75. The van der Waals surface area contributed by atoms with E-state index in [0.717, 1.165) is 30.2 Å². The molecule has 0 radical (unpaired) electrons. The van der Waals surface area contributed by atoms with Crippen molar-refractivity contribution in [3.8, 4) is 0 Å². The van der Waals surface area contributed by atoms with Gasteiger partial charge < -0.3 is 4.74 Å². The van der Waals surface area contributed by atoms with E-state index in [2.05, 4.69) is 57.2 Å². The Morgan fingerprint density at radius 1 is 1.04 bits per heavy atom. The van der Waals surface area contributed by atoms with Gasteiger partial charge in [-0.25, -0.2) is 0 Å². The van der Waals surface area contributed by atoms with Crippen molar-refractivity contribution in [2.75, 3.05) is 0 Å². The smallest absolute Gasteiger partial charge is 0.309 e. The number of esters is 1. The van der Waals surface area contributed by atoms with Gasteiger partial charge in [0.05, 0.1) is 5.92 Å². The third-order valence-corrected chi connectivity index (χ3v) is 6.34. The number of aryl methyl sites for hydroxylation is 1. The molecule has 1 saturated carbocycles. The van der Waals surface area contributed by atoms with E-state index in [9.17, 15) is 4.79 Å². The maximum absolute atomic E-state index is 12.6. The fourth-order valence-electron chi connectivity index (χ4n) is 4.23. The second-order valence-corrected chi connectivity index (χ2v) is 8.19. The molecule has 1 aliphatic rings. The second kappa shape index (κ2) is 8.24. The third-order valence-electron chi connectivity index (χ3n) is 6.34. The average molecular weight is 353 g/mol. The molecule has 0 spiro atoms. The van der Waals surface area contributed by atoms with Crippen molar-refractivity contribution >= 4 is 16.7 Å². The molecule has 0 bridgehead atoms. The normalized spacial score (nSPS) is 22.8. The zero-order valence-electron chi connectivity index (χ0n) is 16.6. The van der Waals surface area contributed by atoms with Crippen LogP contribution < -0.4 is 0 Å². The molecule has 2 atom stereocenters. The third kappa shape index (κ3) is 4.28. The van der Waals surface area contributed by atoms with Gasteiger partial charge in [0, 0.05) is 0 Å². The van der Waals surface area contributed by atoms with E-state index in [-0.39, 0.29) is 18.0 Å². The minimum atomic E-state index is -0.194. The van der Waals surface area contributed by atoms with Gasteiger partial charge in [-0.15, -0.1) is 0 Å². The summed E-state index contributed by atoms with van der Waals surface area (Å²) in [5.41, 5.74) is 2.33. The van der Waals surface area contributed by atoms with E-state index in [1.807, 2.05) is 6.92 Å². The molecule has 1 fully saturated rings. The summed E-state index contributed by atoms with van der Waals surface area (Å²) in [4.78, 5) is 12.6. The van der Waals surface area contributed by atoms with Crippen molar-refractivity contribution in [1.82, 2.24) is 0 Å². The Hall–Kier alpha value is -1.83. The maximum atomic E-state index is 12.6. The first kappa shape index (κ1) is 18.9. The molecule has 2 aromatic carbocycles. The molecule has 2 nitrogen and oxygen atoms in total. The van der Waals surface area contributed by atoms with E-state index in [1.54, 1.807) is 0 Å². The average Bonchev–Trinajstić information content (AvgIpc) is 2.66. The Labute approximate surface area is 157 Å². The highest BCUT2D eigenvalue weighted by Gasteiger charge is 2.30. The number of benzene rings is 2. The van der Waals surface area contributed by atoms with Gasteiger partial charge in [0.25, 0.3) is 0 Å². The van der Waals surface area contributed by atoms with Crippen molar-refractivity contribution in [3.05, 3.63) is 47.5 Å². The van der Waals surface area contributed by atoms with Gasteiger partial charge >= 0.3 is 5.97 Å². The molecule has 0 N–H and O–H groups in total. The summed E-state index contributed by atoms with van der Waals surface area (Å²) in [5.74, 6) is 1.63. The quantitative estimate of drug-likeness (QED) is 0.566.